The lowest BCUT2D eigenvalue weighted by Crippen LogP contribution is -2.51. The normalized spacial score (nSPS) is 16.5. The van der Waals surface area contributed by atoms with E-state index in [0.717, 1.165) is 37.4 Å². The fourth-order valence-electron chi connectivity index (χ4n) is 3.10. The van der Waals surface area contributed by atoms with Gasteiger partial charge in [-0.05, 0) is 31.2 Å². The third kappa shape index (κ3) is 5.31. The highest BCUT2D eigenvalue weighted by Gasteiger charge is 2.33. The number of nitrogens with one attached hydrogen (secondary N) is 1. The fourth-order valence-corrected chi connectivity index (χ4v) is 3.10. The van der Waals surface area contributed by atoms with E-state index in [9.17, 15) is 9.59 Å². The molecule has 1 heterocycles. The second-order valence-electron chi connectivity index (χ2n) is 9.06. The number of hydrogen-bond donors (Lipinski definition) is 1. The smallest absolute Gasteiger partial charge is 0.229 e. The molecular formula is C21H33N3O2. The van der Waals surface area contributed by atoms with Gasteiger partial charge >= 0.3 is 0 Å². The Balaban J connectivity index is 2.05. The summed E-state index contributed by atoms with van der Waals surface area (Å²) in [5, 5.41) is 2.97. The van der Waals surface area contributed by atoms with E-state index >= 15 is 0 Å². The summed E-state index contributed by atoms with van der Waals surface area (Å²) < 4.78 is 0. The molecule has 0 saturated carbocycles. The molecule has 0 unspecified atom stereocenters. The van der Waals surface area contributed by atoms with Gasteiger partial charge in [-0.3, -0.25) is 9.59 Å². The molecule has 1 aromatic carbocycles. The van der Waals surface area contributed by atoms with Gasteiger partial charge in [-0.2, -0.15) is 0 Å². The van der Waals surface area contributed by atoms with E-state index in [0.29, 0.717) is 6.42 Å². The number of carbonyl (C=O) groups excluding carboxylic acids is 2. The molecular weight excluding hydrogens is 326 g/mol. The van der Waals surface area contributed by atoms with Gasteiger partial charge < -0.3 is 15.1 Å². The van der Waals surface area contributed by atoms with E-state index in [4.69, 9.17) is 0 Å². The SMILES string of the molecule is CN1CCN(C(=O)C(C)(C)Cc2cccc(NC(=O)C(C)(C)C)c2)CC1. The predicted molar refractivity (Wildman–Crippen MR) is 106 cm³/mol. The molecule has 0 aromatic heterocycles. The summed E-state index contributed by atoms with van der Waals surface area (Å²) in [5.41, 5.74) is 0.935. The molecule has 0 atom stereocenters. The van der Waals surface area contributed by atoms with Crippen molar-refractivity contribution in [3.8, 4) is 0 Å². The van der Waals surface area contributed by atoms with Crippen LogP contribution < -0.4 is 5.32 Å². The molecule has 26 heavy (non-hydrogen) atoms. The van der Waals surface area contributed by atoms with Gasteiger partial charge in [0.15, 0.2) is 0 Å². The second kappa shape index (κ2) is 7.78. The second-order valence-corrected chi connectivity index (χ2v) is 9.06. The Labute approximate surface area is 157 Å². The van der Waals surface area contributed by atoms with Crippen LogP contribution in [0.2, 0.25) is 0 Å². The summed E-state index contributed by atoms with van der Waals surface area (Å²) >= 11 is 0. The number of benzene rings is 1. The Morgan fingerprint density at radius 1 is 1.04 bits per heavy atom. The van der Waals surface area contributed by atoms with E-state index in [1.54, 1.807) is 0 Å². The molecule has 2 amide bonds. The lowest BCUT2D eigenvalue weighted by molar-refractivity contribution is -0.142. The Morgan fingerprint density at radius 2 is 1.65 bits per heavy atom. The van der Waals surface area contributed by atoms with E-state index in [1.807, 2.05) is 63.8 Å². The Bertz CT molecular complexity index is 653. The molecule has 0 radical (unpaired) electrons. The summed E-state index contributed by atoms with van der Waals surface area (Å²) in [7, 11) is 2.09. The summed E-state index contributed by atoms with van der Waals surface area (Å²) in [6.07, 6.45) is 0.650. The van der Waals surface area contributed by atoms with Crippen LogP contribution in [-0.4, -0.2) is 54.8 Å². The Hall–Kier alpha value is -1.88. The number of rotatable bonds is 4. The van der Waals surface area contributed by atoms with Crippen molar-refractivity contribution in [2.75, 3.05) is 38.5 Å². The Kier molecular flexibility index (Phi) is 6.12. The van der Waals surface area contributed by atoms with Crippen LogP contribution in [0.25, 0.3) is 0 Å². The van der Waals surface area contributed by atoms with Gasteiger partial charge in [-0.15, -0.1) is 0 Å². The maximum absolute atomic E-state index is 13.0. The van der Waals surface area contributed by atoms with Gasteiger partial charge in [0.2, 0.25) is 11.8 Å². The van der Waals surface area contributed by atoms with Crippen molar-refractivity contribution in [2.45, 2.75) is 41.0 Å². The first-order chi connectivity index (χ1) is 12.0. The molecule has 1 aliphatic heterocycles. The zero-order chi connectivity index (χ0) is 19.5. The molecule has 5 nitrogen and oxygen atoms in total. The minimum absolute atomic E-state index is 0.0116. The zero-order valence-corrected chi connectivity index (χ0v) is 17.1. The van der Waals surface area contributed by atoms with Crippen LogP contribution in [0.1, 0.15) is 40.2 Å². The fraction of sp³-hybridized carbons (Fsp3) is 0.619. The molecule has 144 valence electrons. The van der Waals surface area contributed by atoms with Crippen LogP contribution in [0.15, 0.2) is 24.3 Å². The number of piperazine rings is 1. The lowest BCUT2D eigenvalue weighted by atomic mass is 9.84. The van der Waals surface area contributed by atoms with Crippen molar-refractivity contribution in [2.24, 2.45) is 10.8 Å². The molecule has 1 aromatic rings. The number of carbonyl (C=O) groups is 2. The van der Waals surface area contributed by atoms with Crippen LogP contribution in [0.5, 0.6) is 0 Å². The monoisotopic (exact) mass is 359 g/mol. The molecule has 5 heteroatoms. The van der Waals surface area contributed by atoms with Crippen molar-refractivity contribution in [3.05, 3.63) is 29.8 Å². The standard InChI is InChI=1S/C21H33N3O2/c1-20(2,3)18(25)22-17-9-7-8-16(14-17)15-21(4,5)19(26)24-12-10-23(6)11-13-24/h7-9,14H,10-13,15H2,1-6H3,(H,22,25). The van der Waals surface area contributed by atoms with Crippen molar-refractivity contribution < 1.29 is 9.59 Å². The molecule has 1 aliphatic rings. The third-order valence-corrected chi connectivity index (χ3v) is 4.88. The van der Waals surface area contributed by atoms with Crippen LogP contribution in [0.4, 0.5) is 5.69 Å². The van der Waals surface area contributed by atoms with E-state index in [2.05, 4.69) is 17.3 Å². The van der Waals surface area contributed by atoms with Crippen LogP contribution in [0.3, 0.4) is 0 Å². The maximum Gasteiger partial charge on any atom is 0.229 e. The largest absolute Gasteiger partial charge is 0.340 e. The van der Waals surface area contributed by atoms with Gasteiger partial charge in [-0.1, -0.05) is 46.8 Å². The quantitative estimate of drug-likeness (QED) is 0.899. The number of likely N-dealkylation sites (N-methyl/N-ethyl adjacent to an activating group) is 1. The average molecular weight is 360 g/mol. The number of nitrogens with zero attached hydrogens (tertiary/aromatic N) is 2. The maximum atomic E-state index is 13.0. The first-order valence-electron chi connectivity index (χ1n) is 9.37. The van der Waals surface area contributed by atoms with Crippen LogP contribution >= 0.6 is 0 Å². The molecule has 0 spiro atoms. The lowest BCUT2D eigenvalue weighted by Gasteiger charge is -2.37. The first kappa shape index (κ1) is 20.4. The van der Waals surface area contributed by atoms with Gasteiger partial charge in [0.1, 0.15) is 0 Å². The Morgan fingerprint density at radius 3 is 2.23 bits per heavy atom. The van der Waals surface area contributed by atoms with Gasteiger partial charge in [0.25, 0.3) is 0 Å². The predicted octanol–water partition coefficient (Wildman–Crippen LogP) is 3.01. The number of anilines is 1. The minimum atomic E-state index is -0.470. The van der Waals surface area contributed by atoms with Crippen LogP contribution in [0, 0.1) is 10.8 Å². The van der Waals surface area contributed by atoms with Crippen LogP contribution in [-0.2, 0) is 16.0 Å². The van der Waals surface area contributed by atoms with Crippen molar-refractivity contribution in [3.63, 3.8) is 0 Å². The molecule has 0 bridgehead atoms. The summed E-state index contributed by atoms with van der Waals surface area (Å²) in [4.78, 5) is 29.4. The van der Waals surface area contributed by atoms with Crippen molar-refractivity contribution in [1.82, 2.24) is 9.80 Å². The summed E-state index contributed by atoms with van der Waals surface area (Å²) in [6, 6.07) is 7.82. The average Bonchev–Trinajstić information content (AvgIpc) is 2.54. The van der Waals surface area contributed by atoms with Crippen molar-refractivity contribution in [1.29, 1.82) is 0 Å². The number of hydrogen-bond acceptors (Lipinski definition) is 3. The highest BCUT2D eigenvalue weighted by atomic mass is 16.2. The van der Waals surface area contributed by atoms with Gasteiger partial charge in [-0.25, -0.2) is 0 Å². The van der Waals surface area contributed by atoms with E-state index < -0.39 is 10.8 Å². The molecule has 1 saturated heterocycles. The molecule has 1 fully saturated rings. The highest BCUT2D eigenvalue weighted by molar-refractivity contribution is 5.94. The highest BCUT2D eigenvalue weighted by Crippen LogP contribution is 2.27. The summed E-state index contributed by atoms with van der Waals surface area (Å²) in [6.45, 7) is 13.1. The van der Waals surface area contributed by atoms with Gasteiger partial charge in [0, 0.05) is 42.7 Å². The summed E-state index contributed by atoms with van der Waals surface area (Å²) in [5.74, 6) is 0.192. The molecule has 1 N–H and O–H groups in total. The topological polar surface area (TPSA) is 52.6 Å². The van der Waals surface area contributed by atoms with Gasteiger partial charge in [0.05, 0.1) is 0 Å². The first-order valence-corrected chi connectivity index (χ1v) is 9.37. The van der Waals surface area contributed by atoms with E-state index in [1.165, 1.54) is 0 Å². The molecule has 2 rings (SSSR count). The van der Waals surface area contributed by atoms with E-state index in [-0.39, 0.29) is 11.8 Å². The minimum Gasteiger partial charge on any atom is -0.340 e. The zero-order valence-electron chi connectivity index (χ0n) is 17.1. The van der Waals surface area contributed by atoms with Crippen molar-refractivity contribution >= 4 is 17.5 Å². The number of amides is 2. The third-order valence-electron chi connectivity index (χ3n) is 4.88. The molecule has 0 aliphatic carbocycles.